The third-order valence-corrected chi connectivity index (χ3v) is 3.37. The molecule has 6 heteroatoms. The lowest BCUT2D eigenvalue weighted by molar-refractivity contribution is 0.192. The number of para-hydroxylation sites is 1. The maximum atomic E-state index is 5.92. The minimum absolute atomic E-state index is 0. The fourth-order valence-electron chi connectivity index (χ4n) is 2.18. The number of nitrogens with one attached hydrogen (secondary N) is 1. The Morgan fingerprint density at radius 1 is 1.00 bits per heavy atom. The number of nitrogens with two attached hydrogens (primary N) is 1. The lowest BCUT2D eigenvalue weighted by Gasteiger charge is -2.09. The number of anilines is 1. The predicted molar refractivity (Wildman–Crippen MR) is 114 cm³/mol. The molecule has 0 unspecified atom stereocenters. The third kappa shape index (κ3) is 8.74. The molecule has 0 amide bonds. The molecule has 0 saturated heterocycles. The van der Waals surface area contributed by atoms with Crippen molar-refractivity contribution >= 4 is 35.6 Å². The van der Waals surface area contributed by atoms with Crippen LogP contribution < -0.4 is 15.8 Å². The van der Waals surface area contributed by atoms with Crippen molar-refractivity contribution in [2.45, 2.75) is 19.3 Å². The average molecular weight is 455 g/mol. The van der Waals surface area contributed by atoms with Gasteiger partial charge in [-0.15, -0.1) is 24.0 Å². The summed E-state index contributed by atoms with van der Waals surface area (Å²) in [6, 6.07) is 17.3. The number of methoxy groups -OCH3 is 1. The SMILES string of the molecule is COCCCCCN=C(N)Nc1cccc(Oc2ccccc2)c1.I. The molecule has 25 heavy (non-hydrogen) atoms. The highest BCUT2D eigenvalue weighted by Crippen LogP contribution is 2.23. The summed E-state index contributed by atoms with van der Waals surface area (Å²) in [5.41, 5.74) is 6.77. The van der Waals surface area contributed by atoms with Gasteiger partial charge in [-0.3, -0.25) is 4.99 Å². The standard InChI is InChI=1S/C19H25N3O2.HI/c1-23-14-7-3-6-13-21-19(20)22-16-9-8-12-18(15-16)24-17-10-4-2-5-11-17;/h2,4-5,8-12,15H,3,6-7,13-14H2,1H3,(H3,20,21,22);1H. The van der Waals surface area contributed by atoms with Crippen LogP contribution in [0.4, 0.5) is 5.69 Å². The molecule has 0 aliphatic rings. The van der Waals surface area contributed by atoms with E-state index >= 15 is 0 Å². The van der Waals surface area contributed by atoms with E-state index in [0.717, 1.165) is 43.1 Å². The van der Waals surface area contributed by atoms with E-state index in [4.69, 9.17) is 15.2 Å². The maximum Gasteiger partial charge on any atom is 0.193 e. The van der Waals surface area contributed by atoms with Crippen molar-refractivity contribution in [1.82, 2.24) is 0 Å². The molecule has 0 bridgehead atoms. The van der Waals surface area contributed by atoms with Crippen LogP contribution in [0.25, 0.3) is 0 Å². The number of ether oxygens (including phenoxy) is 2. The first-order valence-electron chi connectivity index (χ1n) is 8.17. The predicted octanol–water partition coefficient (Wildman–Crippen LogP) is 4.64. The Morgan fingerprint density at radius 3 is 2.52 bits per heavy atom. The number of guanidine groups is 1. The Hall–Kier alpha value is -1.80. The van der Waals surface area contributed by atoms with E-state index in [1.54, 1.807) is 7.11 Å². The van der Waals surface area contributed by atoms with Crippen molar-refractivity contribution in [3.05, 3.63) is 54.6 Å². The number of benzene rings is 2. The van der Waals surface area contributed by atoms with E-state index in [1.165, 1.54) is 0 Å². The van der Waals surface area contributed by atoms with Gasteiger partial charge in [-0.25, -0.2) is 0 Å². The van der Waals surface area contributed by atoms with Crippen LogP contribution >= 0.6 is 24.0 Å². The zero-order valence-electron chi connectivity index (χ0n) is 14.5. The second-order valence-electron chi connectivity index (χ2n) is 5.39. The van der Waals surface area contributed by atoms with E-state index in [1.807, 2.05) is 54.6 Å². The average Bonchev–Trinajstić information content (AvgIpc) is 2.59. The molecule has 3 N–H and O–H groups in total. The second kappa shape index (κ2) is 12.5. The van der Waals surface area contributed by atoms with Gasteiger partial charge in [0, 0.05) is 32.0 Å². The minimum atomic E-state index is 0. The van der Waals surface area contributed by atoms with E-state index in [2.05, 4.69) is 10.3 Å². The highest BCUT2D eigenvalue weighted by Gasteiger charge is 2.00. The van der Waals surface area contributed by atoms with Crippen LogP contribution in [0.3, 0.4) is 0 Å². The van der Waals surface area contributed by atoms with Crippen molar-refractivity contribution in [3.63, 3.8) is 0 Å². The summed E-state index contributed by atoms with van der Waals surface area (Å²) in [6.45, 7) is 1.51. The first-order valence-corrected chi connectivity index (χ1v) is 8.17. The Balaban J connectivity index is 0.00000312. The zero-order chi connectivity index (χ0) is 17.0. The number of halogens is 1. The molecule has 0 fully saturated rings. The van der Waals surface area contributed by atoms with Crippen molar-refractivity contribution in [1.29, 1.82) is 0 Å². The molecular weight excluding hydrogens is 429 g/mol. The fourth-order valence-corrected chi connectivity index (χ4v) is 2.18. The van der Waals surface area contributed by atoms with Crippen LogP contribution in [0, 0.1) is 0 Å². The molecule has 0 heterocycles. The van der Waals surface area contributed by atoms with Crippen LogP contribution in [-0.2, 0) is 4.74 Å². The first kappa shape index (κ1) is 21.2. The van der Waals surface area contributed by atoms with E-state index < -0.39 is 0 Å². The van der Waals surface area contributed by atoms with Crippen LogP contribution in [0.1, 0.15) is 19.3 Å². The molecule has 0 aromatic heterocycles. The number of hydrogen-bond donors (Lipinski definition) is 2. The van der Waals surface area contributed by atoms with Gasteiger partial charge in [-0.2, -0.15) is 0 Å². The molecule has 0 spiro atoms. The summed E-state index contributed by atoms with van der Waals surface area (Å²) in [4.78, 5) is 4.33. The van der Waals surface area contributed by atoms with Gasteiger partial charge in [-0.1, -0.05) is 24.3 Å². The Labute approximate surface area is 166 Å². The fraction of sp³-hybridized carbons (Fsp3) is 0.316. The summed E-state index contributed by atoms with van der Waals surface area (Å²) in [7, 11) is 1.72. The Bertz CT molecular complexity index is 636. The molecule has 0 aliphatic carbocycles. The van der Waals surface area contributed by atoms with Crippen LogP contribution in [0.2, 0.25) is 0 Å². The van der Waals surface area contributed by atoms with Gasteiger partial charge in [0.05, 0.1) is 0 Å². The monoisotopic (exact) mass is 455 g/mol. The van der Waals surface area contributed by atoms with Crippen LogP contribution in [0.15, 0.2) is 59.6 Å². The highest BCUT2D eigenvalue weighted by atomic mass is 127. The van der Waals surface area contributed by atoms with E-state index in [0.29, 0.717) is 12.5 Å². The van der Waals surface area contributed by atoms with Gasteiger partial charge in [-0.05, 0) is 43.5 Å². The minimum Gasteiger partial charge on any atom is -0.457 e. The van der Waals surface area contributed by atoms with E-state index in [9.17, 15) is 0 Å². The number of hydrogen-bond acceptors (Lipinski definition) is 3. The highest BCUT2D eigenvalue weighted by molar-refractivity contribution is 14.0. The molecule has 5 nitrogen and oxygen atoms in total. The van der Waals surface area contributed by atoms with Crippen molar-refractivity contribution in [2.75, 3.05) is 25.6 Å². The summed E-state index contributed by atoms with van der Waals surface area (Å²) in [6.07, 6.45) is 3.14. The van der Waals surface area contributed by atoms with Crippen molar-refractivity contribution in [3.8, 4) is 11.5 Å². The molecule has 2 aromatic carbocycles. The summed E-state index contributed by atoms with van der Waals surface area (Å²) in [5, 5.41) is 3.09. The smallest absolute Gasteiger partial charge is 0.193 e. The number of unbranched alkanes of at least 4 members (excludes halogenated alkanes) is 2. The van der Waals surface area contributed by atoms with Crippen molar-refractivity contribution in [2.24, 2.45) is 10.7 Å². The summed E-state index contributed by atoms with van der Waals surface area (Å²) < 4.78 is 10.8. The molecule has 0 aliphatic heterocycles. The molecule has 0 atom stereocenters. The Kier molecular flexibility index (Phi) is 10.7. The van der Waals surface area contributed by atoms with Gasteiger partial charge in [0.25, 0.3) is 0 Å². The largest absolute Gasteiger partial charge is 0.457 e. The van der Waals surface area contributed by atoms with Gasteiger partial charge in [0.15, 0.2) is 5.96 Å². The maximum absolute atomic E-state index is 5.92. The topological polar surface area (TPSA) is 68.9 Å². The van der Waals surface area contributed by atoms with Gasteiger partial charge in [0.2, 0.25) is 0 Å². The lowest BCUT2D eigenvalue weighted by atomic mass is 10.2. The molecule has 0 saturated carbocycles. The van der Waals surface area contributed by atoms with Gasteiger partial charge < -0.3 is 20.5 Å². The van der Waals surface area contributed by atoms with Gasteiger partial charge >= 0.3 is 0 Å². The molecule has 2 aromatic rings. The lowest BCUT2D eigenvalue weighted by Crippen LogP contribution is -2.22. The van der Waals surface area contributed by atoms with E-state index in [-0.39, 0.29) is 24.0 Å². The summed E-state index contributed by atoms with van der Waals surface area (Å²) in [5.74, 6) is 1.96. The number of nitrogens with zero attached hydrogens (tertiary/aromatic N) is 1. The van der Waals surface area contributed by atoms with Crippen molar-refractivity contribution < 1.29 is 9.47 Å². The number of rotatable bonds is 9. The molecule has 2 rings (SSSR count). The molecule has 0 radical (unpaired) electrons. The molecule has 136 valence electrons. The van der Waals surface area contributed by atoms with Crippen LogP contribution in [-0.4, -0.2) is 26.2 Å². The van der Waals surface area contributed by atoms with Crippen LogP contribution in [0.5, 0.6) is 11.5 Å². The first-order chi connectivity index (χ1) is 11.8. The third-order valence-electron chi connectivity index (χ3n) is 3.37. The second-order valence-corrected chi connectivity index (χ2v) is 5.39. The molecular formula is C19H26IN3O2. The summed E-state index contributed by atoms with van der Waals surface area (Å²) >= 11 is 0. The number of aliphatic imine (C=N–C) groups is 1. The van der Waals surface area contributed by atoms with Gasteiger partial charge in [0.1, 0.15) is 11.5 Å². The normalized spacial score (nSPS) is 10.8. The quantitative estimate of drug-likeness (QED) is 0.250. The Morgan fingerprint density at radius 2 is 1.76 bits per heavy atom. The zero-order valence-corrected chi connectivity index (χ0v) is 16.8.